The van der Waals surface area contributed by atoms with E-state index in [1.54, 1.807) is 5.32 Å². The van der Waals surface area contributed by atoms with Crippen molar-refractivity contribution >= 4 is 33.2 Å². The molecule has 1 unspecified atom stereocenters. The first-order chi connectivity index (χ1) is 18.8. The lowest BCUT2D eigenvalue weighted by Gasteiger charge is -2.37. The van der Waals surface area contributed by atoms with Gasteiger partial charge in [0.15, 0.2) is 15.3 Å². The highest BCUT2D eigenvalue weighted by molar-refractivity contribution is 7.90. The second kappa shape index (κ2) is 11.3. The zero-order valence-electron chi connectivity index (χ0n) is 21.5. The average Bonchev–Trinajstić information content (AvgIpc) is 3.24. The zero-order valence-corrected chi connectivity index (χ0v) is 22.3. The van der Waals surface area contributed by atoms with Crippen LogP contribution in [0.2, 0.25) is 0 Å². The van der Waals surface area contributed by atoms with Gasteiger partial charge in [0.05, 0.1) is 11.3 Å². The Bertz CT molecular complexity index is 1430. The van der Waals surface area contributed by atoms with Crippen LogP contribution in [0.5, 0.6) is 0 Å². The van der Waals surface area contributed by atoms with Crippen LogP contribution < -0.4 is 10.6 Å². The number of benzene rings is 2. The Kier molecular flexibility index (Phi) is 8.77. The lowest BCUT2D eigenvalue weighted by molar-refractivity contribution is -0.303. The molecule has 0 saturated heterocycles. The topological polar surface area (TPSA) is 113 Å². The molecule has 3 rings (SSSR count). The fourth-order valence-corrected chi connectivity index (χ4v) is 5.24. The van der Waals surface area contributed by atoms with Crippen molar-refractivity contribution in [3.63, 3.8) is 0 Å². The van der Waals surface area contributed by atoms with Crippen LogP contribution in [0.3, 0.4) is 0 Å². The number of sulfone groups is 1. The molecule has 41 heavy (non-hydrogen) atoms. The van der Waals surface area contributed by atoms with E-state index in [-0.39, 0.29) is 22.7 Å². The number of hydrogen-bond acceptors (Lipinski definition) is 5. The van der Waals surface area contributed by atoms with E-state index in [9.17, 15) is 53.5 Å². The highest BCUT2D eigenvalue weighted by Crippen LogP contribution is 2.54. The maximum absolute atomic E-state index is 14.0. The smallest absolute Gasteiger partial charge is 0.353 e. The van der Waals surface area contributed by atoms with Crippen molar-refractivity contribution in [2.45, 2.75) is 48.6 Å². The lowest BCUT2D eigenvalue weighted by Crippen LogP contribution is -2.56. The molecule has 1 aliphatic heterocycles. The van der Waals surface area contributed by atoms with Gasteiger partial charge in [-0.3, -0.25) is 14.4 Å². The Morgan fingerprint density at radius 1 is 0.976 bits per heavy atom. The highest BCUT2D eigenvalue weighted by Gasteiger charge is 2.72. The number of nitrogens with one attached hydrogen (secondary N) is 2. The second-order valence-corrected chi connectivity index (χ2v) is 11.4. The molecule has 2 aromatic rings. The van der Waals surface area contributed by atoms with Gasteiger partial charge in [-0.2, -0.15) is 26.3 Å². The summed E-state index contributed by atoms with van der Waals surface area (Å²) in [5.41, 5.74) is -5.53. The van der Waals surface area contributed by atoms with E-state index < -0.39 is 76.6 Å². The quantitative estimate of drug-likeness (QED) is 0.439. The molecule has 3 amide bonds. The minimum absolute atomic E-state index is 0.0485. The number of alkyl halides is 7. The highest BCUT2D eigenvalue weighted by atomic mass is 32.2. The third-order valence-electron chi connectivity index (χ3n) is 6.60. The van der Waals surface area contributed by atoms with Crippen molar-refractivity contribution in [2.75, 3.05) is 24.8 Å². The molecule has 1 heterocycles. The Morgan fingerprint density at radius 2 is 1.56 bits per heavy atom. The molecule has 8 nitrogen and oxygen atoms in total. The largest absolute Gasteiger partial charge is 0.407 e. The van der Waals surface area contributed by atoms with Crippen LogP contribution in [0.25, 0.3) is 0 Å². The first-order valence-corrected chi connectivity index (χ1v) is 13.7. The molecule has 1 aliphatic rings. The molecule has 0 bridgehead atoms. The molecule has 0 aliphatic carbocycles. The Balaban J connectivity index is 1.95. The van der Waals surface area contributed by atoms with Crippen LogP contribution in [-0.4, -0.2) is 62.9 Å². The minimum Gasteiger partial charge on any atom is -0.353 e. The summed E-state index contributed by atoms with van der Waals surface area (Å²) in [4.78, 5) is 38.4. The number of amides is 3. The Hall–Kier alpha value is -3.69. The van der Waals surface area contributed by atoms with E-state index in [2.05, 4.69) is 5.32 Å². The molecule has 2 N–H and O–H groups in total. The van der Waals surface area contributed by atoms with Crippen LogP contribution in [-0.2, 0) is 36.2 Å². The molecule has 0 radical (unpaired) electrons. The van der Waals surface area contributed by atoms with Crippen LogP contribution >= 0.6 is 0 Å². The van der Waals surface area contributed by atoms with Gasteiger partial charge < -0.3 is 15.5 Å². The predicted molar refractivity (Wildman–Crippen MR) is 131 cm³/mol. The molecular weight excluding hydrogens is 587 g/mol. The fraction of sp³-hybridized carbons (Fsp3) is 0.400. The predicted octanol–water partition coefficient (Wildman–Crippen LogP) is 3.97. The third-order valence-corrected chi connectivity index (χ3v) is 7.71. The monoisotopic (exact) mass is 611 g/mol. The summed E-state index contributed by atoms with van der Waals surface area (Å²) in [7, 11) is -3.60. The molecule has 1 atom stereocenters. The van der Waals surface area contributed by atoms with Gasteiger partial charge in [-0.15, -0.1) is 0 Å². The molecule has 16 heteroatoms. The minimum atomic E-state index is -5.98. The van der Waals surface area contributed by atoms with E-state index in [1.165, 1.54) is 18.2 Å². The maximum Gasteiger partial charge on any atom is 0.407 e. The number of carbonyl (C=O) groups excluding carboxylic acids is 3. The van der Waals surface area contributed by atoms with Gasteiger partial charge in [0.25, 0.3) is 5.91 Å². The molecule has 224 valence electrons. The van der Waals surface area contributed by atoms with Crippen LogP contribution in [0, 0.1) is 0 Å². The Labute approximate surface area is 229 Å². The lowest BCUT2D eigenvalue weighted by atomic mass is 9.75. The van der Waals surface area contributed by atoms with Crippen molar-refractivity contribution in [3.05, 3.63) is 59.2 Å². The van der Waals surface area contributed by atoms with Gasteiger partial charge in [-0.1, -0.05) is 18.2 Å². The molecule has 2 aromatic carbocycles. The Morgan fingerprint density at radius 3 is 2.05 bits per heavy atom. The standard InChI is InChI=1S/C25H24F7N3O5S/c1-14(36)35-13-15-11-18(41(2,39)40)7-8-19(15)21(35)22(38)34-17-5-3-16(4-6-17)23(24(27,28)29,25(30,31)32)12-20(37)33-10-9-26/h3-8,11,21H,9-10,12-13H2,1-2H3,(H,33,37)(H,34,38). The van der Waals surface area contributed by atoms with Crippen LogP contribution in [0.15, 0.2) is 47.4 Å². The molecule has 0 spiro atoms. The van der Waals surface area contributed by atoms with Gasteiger partial charge in [-0.05, 0) is 41.0 Å². The molecule has 0 saturated carbocycles. The number of rotatable bonds is 8. The van der Waals surface area contributed by atoms with Crippen molar-refractivity contribution in [1.82, 2.24) is 10.2 Å². The summed E-state index contributed by atoms with van der Waals surface area (Å²) in [5, 5.41) is 4.01. The van der Waals surface area contributed by atoms with Crippen molar-refractivity contribution < 1.29 is 53.5 Å². The number of nitrogens with zero attached hydrogens (tertiary/aromatic N) is 1. The molecular formula is C25H24F7N3O5S. The first kappa shape index (κ1) is 31.8. The van der Waals surface area contributed by atoms with E-state index in [4.69, 9.17) is 0 Å². The van der Waals surface area contributed by atoms with Crippen molar-refractivity contribution in [3.8, 4) is 0 Å². The summed E-state index contributed by atoms with van der Waals surface area (Å²) >= 11 is 0. The van der Waals surface area contributed by atoms with Gasteiger partial charge in [0.1, 0.15) is 12.7 Å². The molecule has 0 fully saturated rings. The van der Waals surface area contributed by atoms with E-state index in [0.29, 0.717) is 17.7 Å². The van der Waals surface area contributed by atoms with Gasteiger partial charge in [-0.25, -0.2) is 12.8 Å². The SMILES string of the molecule is CC(=O)N1Cc2cc(S(C)(=O)=O)ccc2C1C(=O)Nc1ccc(C(CC(=O)NCCF)(C(F)(F)F)C(F)(F)F)cc1. The number of anilines is 1. The van der Waals surface area contributed by atoms with Gasteiger partial charge in [0, 0.05) is 32.0 Å². The van der Waals surface area contributed by atoms with Crippen molar-refractivity contribution in [1.29, 1.82) is 0 Å². The van der Waals surface area contributed by atoms with Gasteiger partial charge >= 0.3 is 12.4 Å². The second-order valence-electron chi connectivity index (χ2n) is 9.37. The summed E-state index contributed by atoms with van der Waals surface area (Å²) in [6.07, 6.45) is -13.1. The van der Waals surface area contributed by atoms with Gasteiger partial charge in [0.2, 0.25) is 11.8 Å². The third kappa shape index (κ3) is 6.31. The normalized spacial score (nSPS) is 15.8. The summed E-state index contributed by atoms with van der Waals surface area (Å²) in [6.45, 7) is -0.922. The fourth-order valence-electron chi connectivity index (χ4n) is 4.56. The maximum atomic E-state index is 14.0. The van der Waals surface area contributed by atoms with Crippen LogP contribution in [0.4, 0.5) is 36.4 Å². The zero-order chi connectivity index (χ0) is 31.0. The number of carbonyl (C=O) groups is 3. The number of halogens is 7. The van der Waals surface area contributed by atoms with E-state index in [1.807, 2.05) is 0 Å². The first-order valence-electron chi connectivity index (χ1n) is 11.8. The van der Waals surface area contributed by atoms with Crippen molar-refractivity contribution in [2.24, 2.45) is 0 Å². The number of fused-ring (bicyclic) bond motifs is 1. The number of hydrogen-bond donors (Lipinski definition) is 2. The summed E-state index contributed by atoms with van der Waals surface area (Å²) in [5.74, 6) is -3.08. The van der Waals surface area contributed by atoms with E-state index >= 15 is 0 Å². The van der Waals surface area contributed by atoms with E-state index in [0.717, 1.165) is 30.2 Å². The summed E-state index contributed by atoms with van der Waals surface area (Å²) < 4.78 is 120. The van der Waals surface area contributed by atoms with Crippen LogP contribution in [0.1, 0.15) is 36.1 Å². The summed E-state index contributed by atoms with van der Waals surface area (Å²) in [6, 6.07) is 5.10. The molecule has 0 aromatic heterocycles. The average molecular weight is 612 g/mol.